The number of hydrogen-bond donors (Lipinski definition) is 2. The molecule has 0 saturated heterocycles. The molecule has 0 aliphatic heterocycles. The molecule has 25 heavy (non-hydrogen) atoms. The Morgan fingerprint density at radius 2 is 1.80 bits per heavy atom. The van der Waals surface area contributed by atoms with Crippen LogP contribution in [0.15, 0.2) is 54.6 Å². The van der Waals surface area contributed by atoms with Crippen LogP contribution in [-0.2, 0) is 11.0 Å². The van der Waals surface area contributed by atoms with E-state index in [1.807, 2.05) is 0 Å². The molecule has 0 saturated carbocycles. The van der Waals surface area contributed by atoms with Gasteiger partial charge in [-0.3, -0.25) is 4.79 Å². The fraction of sp³-hybridized carbons (Fsp3) is 0.167. The van der Waals surface area contributed by atoms with Crippen LogP contribution in [0, 0.1) is 0 Å². The van der Waals surface area contributed by atoms with Crippen LogP contribution in [-0.4, -0.2) is 17.6 Å². The van der Waals surface area contributed by atoms with E-state index in [4.69, 9.17) is 11.6 Å². The van der Waals surface area contributed by atoms with Gasteiger partial charge in [0, 0.05) is 17.6 Å². The molecule has 0 fully saturated rings. The van der Waals surface area contributed by atoms with E-state index in [1.54, 1.807) is 24.3 Å². The van der Waals surface area contributed by atoms with Crippen LogP contribution in [0.1, 0.15) is 22.8 Å². The lowest BCUT2D eigenvalue weighted by molar-refractivity contribution is -0.137. The summed E-state index contributed by atoms with van der Waals surface area (Å²) in [5.41, 5.74) is 0.154. The molecule has 2 N–H and O–H groups in total. The number of nitrogens with one attached hydrogen (secondary N) is 1. The first-order valence-corrected chi connectivity index (χ1v) is 7.71. The molecule has 3 nitrogen and oxygen atoms in total. The number of aliphatic hydroxyl groups is 1. The second-order valence-corrected chi connectivity index (χ2v) is 5.64. The Balaban J connectivity index is 1.90. The summed E-state index contributed by atoms with van der Waals surface area (Å²) in [6, 6.07) is 11.1. The van der Waals surface area contributed by atoms with Crippen LogP contribution >= 0.6 is 11.6 Å². The second-order valence-electron chi connectivity index (χ2n) is 5.24. The van der Waals surface area contributed by atoms with Gasteiger partial charge < -0.3 is 10.4 Å². The molecular weight excluding hydrogens is 355 g/mol. The van der Waals surface area contributed by atoms with Crippen molar-refractivity contribution in [1.82, 2.24) is 5.32 Å². The van der Waals surface area contributed by atoms with Gasteiger partial charge in [-0.1, -0.05) is 41.9 Å². The van der Waals surface area contributed by atoms with Gasteiger partial charge in [-0.25, -0.2) is 0 Å². The molecule has 0 aromatic heterocycles. The number of carbonyl (C=O) groups is 1. The highest BCUT2D eigenvalue weighted by Crippen LogP contribution is 2.29. The van der Waals surface area contributed by atoms with E-state index in [1.165, 1.54) is 24.3 Å². The third-order valence-electron chi connectivity index (χ3n) is 3.41. The molecule has 132 valence electrons. The molecule has 2 aromatic rings. The van der Waals surface area contributed by atoms with Crippen LogP contribution in [0.3, 0.4) is 0 Å². The first-order valence-electron chi connectivity index (χ1n) is 7.33. The molecule has 1 amide bonds. The van der Waals surface area contributed by atoms with Gasteiger partial charge in [0.1, 0.15) is 0 Å². The lowest BCUT2D eigenvalue weighted by atomic mass is 10.1. The van der Waals surface area contributed by atoms with Crippen LogP contribution in [0.25, 0.3) is 6.08 Å². The highest BCUT2D eigenvalue weighted by molar-refractivity contribution is 6.32. The summed E-state index contributed by atoms with van der Waals surface area (Å²) in [4.78, 5) is 11.7. The standard InChI is InChI=1S/C18H15ClF3NO2/c19-15-4-2-1-3-12(15)7-10-17(25)23-11-16(24)13-5-8-14(9-6-13)18(20,21)22/h1-10,16,24H,11H2,(H,23,25). The molecule has 0 radical (unpaired) electrons. The Kier molecular flexibility index (Phi) is 6.22. The highest BCUT2D eigenvalue weighted by atomic mass is 35.5. The zero-order valence-corrected chi connectivity index (χ0v) is 13.7. The van der Waals surface area contributed by atoms with E-state index < -0.39 is 23.8 Å². The minimum atomic E-state index is -4.43. The molecule has 2 aromatic carbocycles. The molecule has 0 aliphatic rings. The predicted octanol–water partition coefficient (Wildman–Crippen LogP) is 4.22. The average Bonchev–Trinajstić information content (AvgIpc) is 2.58. The Hall–Kier alpha value is -2.31. The van der Waals surface area contributed by atoms with Crippen molar-refractivity contribution in [3.05, 3.63) is 76.3 Å². The number of alkyl halides is 3. The summed E-state index contributed by atoms with van der Waals surface area (Å²) >= 11 is 5.96. The normalized spacial score (nSPS) is 13.0. The van der Waals surface area contributed by atoms with Crippen LogP contribution in [0.5, 0.6) is 0 Å². The van der Waals surface area contributed by atoms with Gasteiger partial charge in [-0.15, -0.1) is 0 Å². The topological polar surface area (TPSA) is 49.3 Å². The fourth-order valence-corrected chi connectivity index (χ4v) is 2.24. The molecule has 1 unspecified atom stereocenters. The highest BCUT2D eigenvalue weighted by Gasteiger charge is 2.30. The van der Waals surface area contributed by atoms with Crippen molar-refractivity contribution in [2.75, 3.05) is 6.54 Å². The van der Waals surface area contributed by atoms with Gasteiger partial charge in [0.2, 0.25) is 5.91 Å². The number of rotatable bonds is 5. The summed E-state index contributed by atoms with van der Waals surface area (Å²) < 4.78 is 37.5. The Bertz CT molecular complexity index is 758. The summed E-state index contributed by atoms with van der Waals surface area (Å²) in [6.45, 7) is -0.128. The third kappa shape index (κ3) is 5.62. The number of halogens is 4. The SMILES string of the molecule is O=C(C=Cc1ccccc1Cl)NCC(O)c1ccc(C(F)(F)F)cc1. The number of aliphatic hydroxyl groups excluding tert-OH is 1. The maximum Gasteiger partial charge on any atom is 0.416 e. The largest absolute Gasteiger partial charge is 0.416 e. The molecule has 0 aliphatic carbocycles. The maximum absolute atomic E-state index is 12.5. The summed E-state index contributed by atoms with van der Waals surface area (Å²) in [6.07, 6.45) is -2.75. The average molecular weight is 370 g/mol. The number of benzene rings is 2. The Labute approximate surface area is 147 Å². The molecule has 2 rings (SSSR count). The lowest BCUT2D eigenvalue weighted by Gasteiger charge is -2.13. The Morgan fingerprint density at radius 1 is 1.16 bits per heavy atom. The van der Waals surface area contributed by atoms with E-state index >= 15 is 0 Å². The van der Waals surface area contributed by atoms with Crippen molar-refractivity contribution in [3.8, 4) is 0 Å². The van der Waals surface area contributed by atoms with Crippen molar-refractivity contribution >= 4 is 23.6 Å². The van der Waals surface area contributed by atoms with E-state index in [0.29, 0.717) is 10.6 Å². The maximum atomic E-state index is 12.5. The predicted molar refractivity (Wildman–Crippen MR) is 89.9 cm³/mol. The quantitative estimate of drug-likeness (QED) is 0.775. The molecule has 0 heterocycles. The first-order chi connectivity index (χ1) is 11.8. The first kappa shape index (κ1) is 19.0. The minimum Gasteiger partial charge on any atom is -0.387 e. The number of amides is 1. The van der Waals surface area contributed by atoms with Crippen LogP contribution < -0.4 is 5.32 Å². The Morgan fingerprint density at radius 3 is 2.40 bits per heavy atom. The molecule has 7 heteroatoms. The molecule has 0 spiro atoms. The molecule has 1 atom stereocenters. The van der Waals surface area contributed by atoms with E-state index in [9.17, 15) is 23.1 Å². The molecule has 0 bridgehead atoms. The van der Waals surface area contributed by atoms with Gasteiger partial charge in [0.25, 0.3) is 0 Å². The van der Waals surface area contributed by atoms with E-state index in [2.05, 4.69) is 5.32 Å². The van der Waals surface area contributed by atoms with Gasteiger partial charge in [0.15, 0.2) is 0 Å². The van der Waals surface area contributed by atoms with Gasteiger partial charge in [-0.05, 0) is 35.4 Å². The summed E-state index contributed by atoms with van der Waals surface area (Å²) in [7, 11) is 0. The van der Waals surface area contributed by atoms with Crippen molar-refractivity contribution < 1.29 is 23.1 Å². The van der Waals surface area contributed by atoms with E-state index in [-0.39, 0.29) is 12.1 Å². The minimum absolute atomic E-state index is 0.128. The van der Waals surface area contributed by atoms with E-state index in [0.717, 1.165) is 12.1 Å². The summed E-state index contributed by atoms with van der Waals surface area (Å²) in [5.74, 6) is -0.453. The molecular formula is C18H15ClF3NO2. The van der Waals surface area contributed by atoms with Crippen molar-refractivity contribution in [2.45, 2.75) is 12.3 Å². The number of hydrogen-bond acceptors (Lipinski definition) is 2. The van der Waals surface area contributed by atoms with Crippen molar-refractivity contribution in [2.24, 2.45) is 0 Å². The van der Waals surface area contributed by atoms with Gasteiger partial charge in [-0.2, -0.15) is 13.2 Å². The zero-order chi connectivity index (χ0) is 18.4. The van der Waals surface area contributed by atoms with Crippen molar-refractivity contribution in [1.29, 1.82) is 0 Å². The zero-order valence-electron chi connectivity index (χ0n) is 12.9. The van der Waals surface area contributed by atoms with Gasteiger partial charge in [0.05, 0.1) is 11.7 Å². The fourth-order valence-electron chi connectivity index (χ4n) is 2.04. The lowest BCUT2D eigenvalue weighted by Crippen LogP contribution is -2.26. The number of carbonyl (C=O) groups excluding carboxylic acids is 1. The van der Waals surface area contributed by atoms with Crippen LogP contribution in [0.2, 0.25) is 5.02 Å². The van der Waals surface area contributed by atoms with Crippen LogP contribution in [0.4, 0.5) is 13.2 Å². The second kappa shape index (κ2) is 8.18. The summed E-state index contributed by atoms with van der Waals surface area (Å²) in [5, 5.41) is 12.9. The monoisotopic (exact) mass is 369 g/mol. The van der Waals surface area contributed by atoms with Gasteiger partial charge >= 0.3 is 6.18 Å². The third-order valence-corrected chi connectivity index (χ3v) is 3.76. The van der Waals surface area contributed by atoms with Crippen molar-refractivity contribution in [3.63, 3.8) is 0 Å². The smallest absolute Gasteiger partial charge is 0.387 e.